The average molecular weight is 332 g/mol. The van der Waals surface area contributed by atoms with Gasteiger partial charge in [0.25, 0.3) is 5.91 Å². The van der Waals surface area contributed by atoms with Crippen molar-refractivity contribution in [3.63, 3.8) is 0 Å². The summed E-state index contributed by atoms with van der Waals surface area (Å²) in [5.74, 6) is -0.146. The molecule has 1 saturated heterocycles. The number of ether oxygens (including phenoxy) is 1. The van der Waals surface area contributed by atoms with Crippen LogP contribution in [0.4, 0.5) is 0 Å². The molecule has 1 fully saturated rings. The van der Waals surface area contributed by atoms with E-state index in [9.17, 15) is 9.59 Å². The highest BCUT2D eigenvalue weighted by Gasteiger charge is 2.25. The third-order valence-corrected chi connectivity index (χ3v) is 4.04. The van der Waals surface area contributed by atoms with Gasteiger partial charge in [-0.1, -0.05) is 19.1 Å². The number of piperazine rings is 1. The first-order chi connectivity index (χ1) is 11.3. The minimum atomic E-state index is -0.459. The van der Waals surface area contributed by atoms with Crippen LogP contribution in [0.25, 0.3) is 0 Å². The van der Waals surface area contributed by atoms with Gasteiger partial charge in [0.15, 0.2) is 0 Å². The third kappa shape index (κ3) is 5.34. The fraction of sp³-hybridized carbons (Fsp3) is 0.579. The van der Waals surface area contributed by atoms with Crippen LogP contribution in [0, 0.1) is 0 Å². The van der Waals surface area contributed by atoms with Gasteiger partial charge in [-0.15, -0.1) is 0 Å². The highest BCUT2D eigenvalue weighted by atomic mass is 16.6. The lowest BCUT2D eigenvalue weighted by molar-refractivity contribution is -0.156. The molecule has 5 heteroatoms. The second-order valence-corrected chi connectivity index (χ2v) is 7.21. The second kappa shape index (κ2) is 7.79. The Labute approximate surface area is 144 Å². The quantitative estimate of drug-likeness (QED) is 0.794. The summed E-state index contributed by atoms with van der Waals surface area (Å²) in [5.41, 5.74) is 1.50. The van der Waals surface area contributed by atoms with Crippen molar-refractivity contribution in [3.05, 3.63) is 35.4 Å². The van der Waals surface area contributed by atoms with E-state index in [2.05, 4.69) is 6.92 Å². The van der Waals surface area contributed by atoms with Crippen molar-refractivity contribution in [2.24, 2.45) is 0 Å². The molecule has 0 bridgehead atoms. The molecule has 5 nitrogen and oxygen atoms in total. The number of nitrogens with zero attached hydrogens (tertiary/aromatic N) is 2. The first-order valence-corrected chi connectivity index (χ1v) is 8.61. The van der Waals surface area contributed by atoms with E-state index >= 15 is 0 Å². The van der Waals surface area contributed by atoms with Gasteiger partial charge in [0.1, 0.15) is 5.60 Å². The van der Waals surface area contributed by atoms with Gasteiger partial charge in [0.2, 0.25) is 0 Å². The summed E-state index contributed by atoms with van der Waals surface area (Å²) in [7, 11) is 0. The Balaban J connectivity index is 1.83. The Kier molecular flexibility index (Phi) is 5.99. The summed E-state index contributed by atoms with van der Waals surface area (Å²) in [6.45, 7) is 10.6. The molecule has 0 radical (unpaired) electrons. The van der Waals surface area contributed by atoms with Crippen LogP contribution < -0.4 is 0 Å². The van der Waals surface area contributed by atoms with Crippen LogP contribution in [0.2, 0.25) is 0 Å². The molecule has 1 aromatic rings. The standard InChI is InChI=1S/C19H28N2O3/c1-5-15-6-8-16(9-7-15)18(23)21-12-10-20(11-13-21)14-17(22)24-19(2,3)4/h6-9H,5,10-14H2,1-4H3. The first-order valence-electron chi connectivity index (χ1n) is 8.61. The molecule has 0 spiro atoms. The van der Waals surface area contributed by atoms with Crippen molar-refractivity contribution in [2.45, 2.75) is 39.7 Å². The fourth-order valence-corrected chi connectivity index (χ4v) is 2.73. The van der Waals surface area contributed by atoms with Crippen molar-refractivity contribution >= 4 is 11.9 Å². The lowest BCUT2D eigenvalue weighted by Gasteiger charge is -2.34. The largest absolute Gasteiger partial charge is 0.459 e. The van der Waals surface area contributed by atoms with E-state index in [0.29, 0.717) is 26.2 Å². The lowest BCUT2D eigenvalue weighted by atomic mass is 10.1. The molecule has 1 aliphatic rings. The zero-order valence-corrected chi connectivity index (χ0v) is 15.2. The van der Waals surface area contributed by atoms with Gasteiger partial charge in [0.05, 0.1) is 6.54 Å². The van der Waals surface area contributed by atoms with Crippen LogP contribution in [0.15, 0.2) is 24.3 Å². The number of carbonyl (C=O) groups excluding carboxylic acids is 2. The normalized spacial score (nSPS) is 16.1. The molecule has 0 atom stereocenters. The van der Waals surface area contributed by atoms with Gasteiger partial charge in [-0.3, -0.25) is 14.5 Å². The molecule has 0 aliphatic carbocycles. The second-order valence-electron chi connectivity index (χ2n) is 7.21. The van der Waals surface area contributed by atoms with Crippen LogP contribution in [-0.4, -0.2) is 60.0 Å². The Hall–Kier alpha value is -1.88. The minimum Gasteiger partial charge on any atom is -0.459 e. The van der Waals surface area contributed by atoms with E-state index < -0.39 is 5.60 Å². The van der Waals surface area contributed by atoms with Crippen LogP contribution >= 0.6 is 0 Å². The summed E-state index contributed by atoms with van der Waals surface area (Å²) in [4.78, 5) is 28.3. The van der Waals surface area contributed by atoms with Crippen molar-refractivity contribution in [2.75, 3.05) is 32.7 Å². The average Bonchev–Trinajstić information content (AvgIpc) is 2.53. The molecular formula is C19H28N2O3. The van der Waals surface area contributed by atoms with Crippen LogP contribution in [-0.2, 0) is 16.0 Å². The molecule has 132 valence electrons. The van der Waals surface area contributed by atoms with Crippen molar-refractivity contribution in [1.29, 1.82) is 0 Å². The van der Waals surface area contributed by atoms with Crippen LogP contribution in [0.3, 0.4) is 0 Å². The molecule has 0 N–H and O–H groups in total. The molecule has 1 aliphatic heterocycles. The predicted octanol–water partition coefficient (Wildman–Crippen LogP) is 2.35. The summed E-state index contributed by atoms with van der Waals surface area (Å²) in [5, 5.41) is 0. The van der Waals surface area contributed by atoms with Gasteiger partial charge in [-0.25, -0.2) is 0 Å². The summed E-state index contributed by atoms with van der Waals surface area (Å²) in [6.07, 6.45) is 0.970. The maximum atomic E-state index is 12.5. The number of carbonyl (C=O) groups is 2. The maximum Gasteiger partial charge on any atom is 0.320 e. The topological polar surface area (TPSA) is 49.9 Å². The fourth-order valence-electron chi connectivity index (χ4n) is 2.73. The van der Waals surface area contributed by atoms with E-state index in [1.165, 1.54) is 5.56 Å². The van der Waals surface area contributed by atoms with Gasteiger partial charge in [-0.2, -0.15) is 0 Å². The van der Waals surface area contributed by atoms with E-state index in [1.54, 1.807) is 0 Å². The molecule has 24 heavy (non-hydrogen) atoms. The predicted molar refractivity (Wildman–Crippen MR) is 94.0 cm³/mol. The summed E-state index contributed by atoms with van der Waals surface area (Å²) < 4.78 is 5.34. The van der Waals surface area contributed by atoms with Gasteiger partial charge in [-0.05, 0) is 44.9 Å². The zero-order chi connectivity index (χ0) is 17.7. The molecule has 1 aromatic carbocycles. The molecule has 1 amide bonds. The summed E-state index contributed by atoms with van der Waals surface area (Å²) in [6, 6.07) is 7.81. The Morgan fingerprint density at radius 2 is 1.62 bits per heavy atom. The molecule has 2 rings (SSSR count). The lowest BCUT2D eigenvalue weighted by Crippen LogP contribution is -2.50. The Morgan fingerprint density at radius 1 is 1.04 bits per heavy atom. The number of esters is 1. The van der Waals surface area contributed by atoms with Gasteiger partial charge < -0.3 is 9.64 Å². The van der Waals surface area contributed by atoms with Crippen LogP contribution in [0.5, 0.6) is 0 Å². The minimum absolute atomic E-state index is 0.0644. The van der Waals surface area contributed by atoms with Crippen molar-refractivity contribution in [1.82, 2.24) is 9.80 Å². The Bertz CT molecular complexity index is 567. The molecule has 0 saturated carbocycles. The molecular weight excluding hydrogens is 304 g/mol. The number of hydrogen-bond acceptors (Lipinski definition) is 4. The van der Waals surface area contributed by atoms with Gasteiger partial charge in [0, 0.05) is 31.7 Å². The van der Waals surface area contributed by atoms with Crippen molar-refractivity contribution < 1.29 is 14.3 Å². The molecule has 0 unspecified atom stereocenters. The number of amides is 1. The highest BCUT2D eigenvalue weighted by Crippen LogP contribution is 2.12. The van der Waals surface area contributed by atoms with E-state index in [4.69, 9.17) is 4.74 Å². The van der Waals surface area contributed by atoms with E-state index in [-0.39, 0.29) is 18.4 Å². The monoisotopic (exact) mass is 332 g/mol. The van der Waals surface area contributed by atoms with E-state index in [0.717, 1.165) is 12.0 Å². The first kappa shape index (κ1) is 18.5. The zero-order valence-electron chi connectivity index (χ0n) is 15.2. The highest BCUT2D eigenvalue weighted by molar-refractivity contribution is 5.94. The third-order valence-electron chi connectivity index (χ3n) is 4.04. The smallest absolute Gasteiger partial charge is 0.320 e. The van der Waals surface area contributed by atoms with Gasteiger partial charge >= 0.3 is 5.97 Å². The number of benzene rings is 1. The van der Waals surface area contributed by atoms with E-state index in [1.807, 2.05) is 54.8 Å². The van der Waals surface area contributed by atoms with Crippen molar-refractivity contribution in [3.8, 4) is 0 Å². The maximum absolute atomic E-state index is 12.5. The number of rotatable bonds is 4. The SMILES string of the molecule is CCc1ccc(C(=O)N2CCN(CC(=O)OC(C)(C)C)CC2)cc1. The van der Waals surface area contributed by atoms with Crippen LogP contribution in [0.1, 0.15) is 43.6 Å². The summed E-state index contributed by atoms with van der Waals surface area (Å²) >= 11 is 0. The number of aryl methyl sites for hydroxylation is 1. The Morgan fingerprint density at radius 3 is 2.12 bits per heavy atom. The molecule has 1 heterocycles. The number of hydrogen-bond donors (Lipinski definition) is 0. The molecule has 0 aromatic heterocycles.